The zero-order valence-corrected chi connectivity index (χ0v) is 11.4. The fourth-order valence-electron chi connectivity index (χ4n) is 2.35. The fraction of sp³-hybridized carbons (Fsp3) is 0.125. The lowest BCUT2D eigenvalue weighted by Gasteiger charge is -2.10. The Balaban J connectivity index is 2.31. The molecule has 0 spiro atoms. The fourth-order valence-corrected chi connectivity index (χ4v) is 2.51. The van der Waals surface area contributed by atoms with Crippen LogP contribution in [0.15, 0.2) is 48.5 Å². The molecule has 0 aliphatic heterocycles. The molecule has 19 heavy (non-hydrogen) atoms. The van der Waals surface area contributed by atoms with Crippen LogP contribution in [0, 0.1) is 6.92 Å². The van der Waals surface area contributed by atoms with Crippen LogP contribution in [0.4, 0.5) is 0 Å². The number of aryl methyl sites for hydroxylation is 1. The molecule has 1 heterocycles. The highest BCUT2D eigenvalue weighted by molar-refractivity contribution is 6.31. The lowest BCUT2D eigenvalue weighted by Crippen LogP contribution is -1.99. The third-order valence-corrected chi connectivity index (χ3v) is 3.53. The molecule has 3 rings (SSSR count). The topological polar surface area (TPSA) is 25.2 Å². The average Bonchev–Trinajstić information content (AvgIpc) is 2.77. The van der Waals surface area contributed by atoms with Crippen LogP contribution < -0.4 is 0 Å². The summed E-state index contributed by atoms with van der Waals surface area (Å²) in [7, 11) is 0. The number of halogens is 1. The Labute approximate surface area is 116 Å². The number of nitrogens with zero attached hydrogens (tertiary/aromatic N) is 1. The van der Waals surface area contributed by atoms with E-state index in [4.69, 9.17) is 11.6 Å². The van der Waals surface area contributed by atoms with E-state index in [0.29, 0.717) is 5.02 Å². The van der Waals surface area contributed by atoms with Gasteiger partial charge in [-0.1, -0.05) is 35.4 Å². The van der Waals surface area contributed by atoms with Gasteiger partial charge in [0.15, 0.2) is 0 Å². The number of fused-ring (bicyclic) bond motifs is 1. The van der Waals surface area contributed by atoms with Gasteiger partial charge in [-0.25, -0.2) is 0 Å². The number of rotatable bonds is 2. The van der Waals surface area contributed by atoms with E-state index in [1.165, 1.54) is 5.56 Å². The zero-order valence-electron chi connectivity index (χ0n) is 10.6. The smallest absolute Gasteiger partial charge is 0.0836 e. The molecule has 0 radical (unpaired) electrons. The summed E-state index contributed by atoms with van der Waals surface area (Å²) in [6, 6.07) is 16.0. The second-order valence-corrected chi connectivity index (χ2v) is 5.10. The van der Waals surface area contributed by atoms with Gasteiger partial charge >= 0.3 is 0 Å². The number of aliphatic hydroxyl groups is 1. The lowest BCUT2D eigenvalue weighted by atomic mass is 10.2. The Morgan fingerprint density at radius 2 is 1.79 bits per heavy atom. The summed E-state index contributed by atoms with van der Waals surface area (Å²) in [5, 5.41) is 11.3. The molecular weight excluding hydrogens is 258 g/mol. The quantitative estimate of drug-likeness (QED) is 0.746. The first kappa shape index (κ1) is 12.3. The van der Waals surface area contributed by atoms with Crippen molar-refractivity contribution in [2.24, 2.45) is 0 Å². The van der Waals surface area contributed by atoms with E-state index in [1.807, 2.05) is 28.8 Å². The molecule has 0 bridgehead atoms. The van der Waals surface area contributed by atoms with Gasteiger partial charge in [-0.05, 0) is 37.3 Å². The van der Waals surface area contributed by atoms with Crippen molar-refractivity contribution in [1.29, 1.82) is 0 Å². The highest BCUT2D eigenvalue weighted by Crippen LogP contribution is 2.27. The van der Waals surface area contributed by atoms with Crippen molar-refractivity contribution in [2.75, 3.05) is 0 Å². The minimum absolute atomic E-state index is 0.000174. The predicted octanol–water partition coefficient (Wildman–Crippen LogP) is 4.08. The van der Waals surface area contributed by atoms with Crippen molar-refractivity contribution in [3.05, 3.63) is 64.8 Å². The zero-order chi connectivity index (χ0) is 13.4. The maximum Gasteiger partial charge on any atom is 0.0836 e. The first-order valence-corrected chi connectivity index (χ1v) is 6.54. The summed E-state index contributed by atoms with van der Waals surface area (Å²) in [4.78, 5) is 0. The van der Waals surface area contributed by atoms with Crippen molar-refractivity contribution in [3.8, 4) is 5.69 Å². The first-order valence-electron chi connectivity index (χ1n) is 6.17. The van der Waals surface area contributed by atoms with Crippen LogP contribution >= 0.6 is 11.6 Å². The van der Waals surface area contributed by atoms with Crippen LogP contribution in [-0.4, -0.2) is 9.67 Å². The second-order valence-electron chi connectivity index (χ2n) is 4.67. The van der Waals surface area contributed by atoms with Gasteiger partial charge in [-0.15, -0.1) is 0 Å². The summed E-state index contributed by atoms with van der Waals surface area (Å²) in [5.74, 6) is 0. The number of aromatic nitrogens is 1. The van der Waals surface area contributed by atoms with Gasteiger partial charge in [0.25, 0.3) is 0 Å². The van der Waals surface area contributed by atoms with E-state index in [0.717, 1.165) is 22.3 Å². The number of benzene rings is 2. The Bertz CT molecular complexity index is 728. The molecule has 3 heteroatoms. The molecular formula is C16H14ClNO. The molecule has 0 aliphatic rings. The van der Waals surface area contributed by atoms with E-state index < -0.39 is 0 Å². The molecule has 0 aliphatic carbocycles. The van der Waals surface area contributed by atoms with Gasteiger partial charge in [0.1, 0.15) is 0 Å². The number of hydrogen-bond donors (Lipinski definition) is 1. The summed E-state index contributed by atoms with van der Waals surface area (Å²) in [6.07, 6.45) is 0. The monoisotopic (exact) mass is 271 g/mol. The average molecular weight is 272 g/mol. The van der Waals surface area contributed by atoms with E-state index in [-0.39, 0.29) is 6.61 Å². The summed E-state index contributed by atoms with van der Waals surface area (Å²) in [5.41, 5.74) is 4.12. The molecule has 2 aromatic carbocycles. The summed E-state index contributed by atoms with van der Waals surface area (Å²) < 4.78 is 2.04. The number of hydrogen-bond acceptors (Lipinski definition) is 1. The molecule has 0 unspecified atom stereocenters. The Kier molecular flexibility index (Phi) is 3.05. The number of aliphatic hydroxyl groups excluding tert-OH is 1. The van der Waals surface area contributed by atoms with Gasteiger partial charge in [0.2, 0.25) is 0 Å². The van der Waals surface area contributed by atoms with Crippen LogP contribution in [0.25, 0.3) is 16.6 Å². The van der Waals surface area contributed by atoms with E-state index in [1.54, 1.807) is 0 Å². The molecule has 96 valence electrons. The normalized spacial score (nSPS) is 11.1. The molecule has 2 nitrogen and oxygen atoms in total. The maximum absolute atomic E-state index is 9.55. The molecule has 3 aromatic rings. The van der Waals surface area contributed by atoms with Crippen LogP contribution in [-0.2, 0) is 6.61 Å². The second kappa shape index (κ2) is 4.72. The minimum Gasteiger partial charge on any atom is -0.390 e. The molecule has 0 atom stereocenters. The Morgan fingerprint density at radius 1 is 1.05 bits per heavy atom. The van der Waals surface area contributed by atoms with E-state index >= 15 is 0 Å². The van der Waals surface area contributed by atoms with Gasteiger partial charge in [-0.2, -0.15) is 0 Å². The molecule has 1 aromatic heterocycles. The molecule has 0 fully saturated rings. The van der Waals surface area contributed by atoms with E-state index in [9.17, 15) is 5.11 Å². The van der Waals surface area contributed by atoms with Crippen molar-refractivity contribution in [3.63, 3.8) is 0 Å². The van der Waals surface area contributed by atoms with Crippen molar-refractivity contribution < 1.29 is 5.11 Å². The summed E-state index contributed by atoms with van der Waals surface area (Å²) in [6.45, 7) is 2.06. The third kappa shape index (κ3) is 2.14. The molecule has 0 saturated heterocycles. The molecule has 0 amide bonds. The van der Waals surface area contributed by atoms with Gasteiger partial charge in [-0.3, -0.25) is 0 Å². The van der Waals surface area contributed by atoms with Crippen LogP contribution in [0.2, 0.25) is 5.02 Å². The lowest BCUT2D eigenvalue weighted by molar-refractivity contribution is 0.275. The van der Waals surface area contributed by atoms with E-state index in [2.05, 4.69) is 31.2 Å². The Hall–Kier alpha value is -1.77. The predicted molar refractivity (Wildman–Crippen MR) is 78.9 cm³/mol. The van der Waals surface area contributed by atoms with Crippen molar-refractivity contribution in [2.45, 2.75) is 13.5 Å². The van der Waals surface area contributed by atoms with Gasteiger partial charge < -0.3 is 9.67 Å². The molecule has 0 saturated carbocycles. The van der Waals surface area contributed by atoms with Gasteiger partial charge in [0.05, 0.1) is 12.1 Å². The van der Waals surface area contributed by atoms with Gasteiger partial charge in [0, 0.05) is 21.8 Å². The van der Waals surface area contributed by atoms with Crippen LogP contribution in [0.5, 0.6) is 0 Å². The standard InChI is InChI=1S/C16H14ClNO/c1-11-2-6-14(7-3-11)18-15(10-19)8-12-4-5-13(17)9-16(12)18/h2-9,19H,10H2,1H3. The highest BCUT2D eigenvalue weighted by Gasteiger charge is 2.10. The maximum atomic E-state index is 9.55. The largest absolute Gasteiger partial charge is 0.390 e. The van der Waals surface area contributed by atoms with Crippen LogP contribution in [0.3, 0.4) is 0 Å². The minimum atomic E-state index is 0.000174. The SMILES string of the molecule is Cc1ccc(-n2c(CO)cc3ccc(Cl)cc32)cc1. The first-order chi connectivity index (χ1) is 9.19. The summed E-state index contributed by atoms with van der Waals surface area (Å²) >= 11 is 6.08. The Morgan fingerprint density at radius 3 is 2.47 bits per heavy atom. The highest BCUT2D eigenvalue weighted by atomic mass is 35.5. The van der Waals surface area contributed by atoms with Crippen molar-refractivity contribution in [1.82, 2.24) is 4.57 Å². The van der Waals surface area contributed by atoms with Crippen LogP contribution in [0.1, 0.15) is 11.3 Å². The van der Waals surface area contributed by atoms with Crippen molar-refractivity contribution >= 4 is 22.5 Å². The molecule has 1 N–H and O–H groups in total. The third-order valence-electron chi connectivity index (χ3n) is 3.30.